The van der Waals surface area contributed by atoms with E-state index in [-0.39, 0.29) is 17.2 Å². The van der Waals surface area contributed by atoms with Gasteiger partial charge in [0.15, 0.2) is 11.5 Å². The van der Waals surface area contributed by atoms with Crippen molar-refractivity contribution >= 4 is 21.5 Å². The summed E-state index contributed by atoms with van der Waals surface area (Å²) in [6.45, 7) is 0. The Balaban J connectivity index is 2.53. The molecule has 17 heavy (non-hydrogen) atoms. The third-order valence-corrected chi connectivity index (χ3v) is 2.95. The van der Waals surface area contributed by atoms with Gasteiger partial charge in [-0.2, -0.15) is 0 Å². The van der Waals surface area contributed by atoms with Crippen LogP contribution in [0.5, 0.6) is 17.2 Å². The molecule has 0 saturated carbocycles. The number of hydrogen-bond acceptors (Lipinski definition) is 3. The first-order chi connectivity index (χ1) is 8.16. The van der Waals surface area contributed by atoms with E-state index in [9.17, 15) is 15.3 Å². The normalized spacial score (nSPS) is 11.1. The molecule has 0 saturated heterocycles. The number of fused-ring (bicyclic) bond motifs is 3. The van der Waals surface area contributed by atoms with Gasteiger partial charge in [-0.15, -0.1) is 0 Å². The molecule has 3 aromatic rings. The SMILES string of the molecule is Oc1ccc2c(ccc3c(O)c(O)ccc32)c1. The van der Waals surface area contributed by atoms with Gasteiger partial charge < -0.3 is 15.3 Å². The average molecular weight is 226 g/mol. The first-order valence-electron chi connectivity index (χ1n) is 5.23. The molecule has 0 aromatic heterocycles. The Bertz CT molecular complexity index is 732. The summed E-state index contributed by atoms with van der Waals surface area (Å²) < 4.78 is 0. The van der Waals surface area contributed by atoms with Gasteiger partial charge in [-0.1, -0.05) is 12.1 Å². The van der Waals surface area contributed by atoms with Gasteiger partial charge in [-0.3, -0.25) is 0 Å². The molecule has 0 atom stereocenters. The van der Waals surface area contributed by atoms with Gasteiger partial charge in [0.05, 0.1) is 0 Å². The highest BCUT2D eigenvalue weighted by Gasteiger charge is 2.08. The molecule has 0 spiro atoms. The van der Waals surface area contributed by atoms with Crippen molar-refractivity contribution < 1.29 is 15.3 Å². The molecule has 0 aliphatic rings. The van der Waals surface area contributed by atoms with E-state index in [1.165, 1.54) is 6.07 Å². The van der Waals surface area contributed by atoms with Crippen molar-refractivity contribution in [2.75, 3.05) is 0 Å². The third kappa shape index (κ3) is 1.36. The van der Waals surface area contributed by atoms with Gasteiger partial charge in [0.2, 0.25) is 0 Å². The second kappa shape index (κ2) is 3.28. The number of benzene rings is 3. The standard InChI is InChI=1S/C14H10O3/c15-9-2-4-10-8(7-9)1-3-12-11(10)5-6-13(16)14(12)17/h1-7,15-17H. The van der Waals surface area contributed by atoms with Crippen LogP contribution in [0.3, 0.4) is 0 Å². The van der Waals surface area contributed by atoms with Crippen LogP contribution in [0, 0.1) is 0 Å². The Hall–Kier alpha value is -2.42. The summed E-state index contributed by atoms with van der Waals surface area (Å²) in [5.74, 6) is -0.0343. The molecule has 0 aliphatic carbocycles. The number of hydrogen-bond donors (Lipinski definition) is 3. The lowest BCUT2D eigenvalue weighted by molar-refractivity contribution is 0.408. The topological polar surface area (TPSA) is 60.7 Å². The lowest BCUT2D eigenvalue weighted by Gasteiger charge is -2.07. The van der Waals surface area contributed by atoms with E-state index in [1.807, 2.05) is 0 Å². The smallest absolute Gasteiger partial charge is 0.165 e. The van der Waals surface area contributed by atoms with Gasteiger partial charge >= 0.3 is 0 Å². The fourth-order valence-corrected chi connectivity index (χ4v) is 2.11. The van der Waals surface area contributed by atoms with Crippen molar-refractivity contribution in [1.29, 1.82) is 0 Å². The molecule has 0 bridgehead atoms. The summed E-state index contributed by atoms with van der Waals surface area (Å²) in [5.41, 5.74) is 0. The van der Waals surface area contributed by atoms with Crippen molar-refractivity contribution in [3.63, 3.8) is 0 Å². The van der Waals surface area contributed by atoms with Crippen LogP contribution < -0.4 is 0 Å². The Kier molecular flexibility index (Phi) is 1.89. The molecule has 84 valence electrons. The molecule has 3 rings (SSSR count). The molecule has 0 radical (unpaired) electrons. The minimum absolute atomic E-state index is 0.113. The van der Waals surface area contributed by atoms with Crippen molar-refractivity contribution in [3.8, 4) is 17.2 Å². The van der Waals surface area contributed by atoms with Crippen molar-refractivity contribution in [3.05, 3.63) is 42.5 Å². The van der Waals surface area contributed by atoms with E-state index in [0.717, 1.165) is 16.2 Å². The first-order valence-corrected chi connectivity index (χ1v) is 5.23. The van der Waals surface area contributed by atoms with E-state index in [4.69, 9.17) is 0 Å². The Morgan fingerprint density at radius 3 is 2.18 bits per heavy atom. The van der Waals surface area contributed by atoms with Gasteiger partial charge in [-0.25, -0.2) is 0 Å². The summed E-state index contributed by atoms with van der Waals surface area (Å²) in [4.78, 5) is 0. The van der Waals surface area contributed by atoms with Crippen molar-refractivity contribution in [1.82, 2.24) is 0 Å². The highest BCUT2D eigenvalue weighted by atomic mass is 16.3. The van der Waals surface area contributed by atoms with Crippen LogP contribution >= 0.6 is 0 Å². The Morgan fingerprint density at radius 1 is 0.647 bits per heavy atom. The van der Waals surface area contributed by atoms with Crippen LogP contribution in [-0.4, -0.2) is 15.3 Å². The second-order valence-corrected chi connectivity index (χ2v) is 4.00. The maximum Gasteiger partial charge on any atom is 0.165 e. The zero-order chi connectivity index (χ0) is 12.0. The highest BCUT2D eigenvalue weighted by molar-refractivity contribution is 6.10. The van der Waals surface area contributed by atoms with Crippen LogP contribution in [0.25, 0.3) is 21.5 Å². The van der Waals surface area contributed by atoms with Crippen LogP contribution in [0.1, 0.15) is 0 Å². The van der Waals surface area contributed by atoms with Crippen LogP contribution in [0.15, 0.2) is 42.5 Å². The third-order valence-electron chi connectivity index (χ3n) is 2.95. The summed E-state index contributed by atoms with van der Waals surface area (Å²) >= 11 is 0. The number of aromatic hydroxyl groups is 3. The molecular formula is C14H10O3. The predicted molar refractivity (Wildman–Crippen MR) is 66.4 cm³/mol. The van der Waals surface area contributed by atoms with E-state index in [2.05, 4.69) is 0 Å². The molecule has 3 N–H and O–H groups in total. The second-order valence-electron chi connectivity index (χ2n) is 4.00. The first kappa shape index (κ1) is 9.78. The number of phenols is 3. The molecule has 3 heteroatoms. The number of rotatable bonds is 0. The summed E-state index contributed by atoms with van der Waals surface area (Å²) in [6, 6.07) is 11.8. The largest absolute Gasteiger partial charge is 0.508 e. The molecule has 0 unspecified atom stereocenters. The quantitative estimate of drug-likeness (QED) is 0.407. The lowest BCUT2D eigenvalue weighted by atomic mass is 10.0. The molecule has 0 fully saturated rings. The molecule has 0 amide bonds. The summed E-state index contributed by atoms with van der Waals surface area (Å²) in [5, 5.41) is 31.9. The summed E-state index contributed by atoms with van der Waals surface area (Å²) in [6.07, 6.45) is 0. The van der Waals surface area contributed by atoms with Crippen LogP contribution in [-0.2, 0) is 0 Å². The monoisotopic (exact) mass is 226 g/mol. The molecule has 0 aliphatic heterocycles. The van der Waals surface area contributed by atoms with Gasteiger partial charge in [0, 0.05) is 5.39 Å². The zero-order valence-electron chi connectivity index (χ0n) is 8.88. The molecule has 3 nitrogen and oxygen atoms in total. The van der Waals surface area contributed by atoms with E-state index in [0.29, 0.717) is 5.39 Å². The zero-order valence-corrected chi connectivity index (χ0v) is 8.88. The lowest BCUT2D eigenvalue weighted by Crippen LogP contribution is -1.79. The van der Waals surface area contributed by atoms with Crippen LogP contribution in [0.2, 0.25) is 0 Å². The van der Waals surface area contributed by atoms with E-state index >= 15 is 0 Å². The fraction of sp³-hybridized carbons (Fsp3) is 0. The average Bonchev–Trinajstić information content (AvgIpc) is 2.33. The van der Waals surface area contributed by atoms with Crippen LogP contribution in [0.4, 0.5) is 0 Å². The Morgan fingerprint density at radius 2 is 1.35 bits per heavy atom. The molecule has 0 heterocycles. The van der Waals surface area contributed by atoms with Crippen molar-refractivity contribution in [2.24, 2.45) is 0 Å². The van der Waals surface area contributed by atoms with E-state index in [1.54, 1.807) is 36.4 Å². The number of phenolic OH excluding ortho intramolecular Hbond substituents is 3. The Labute approximate surface area is 97.2 Å². The van der Waals surface area contributed by atoms with Gasteiger partial charge in [0.25, 0.3) is 0 Å². The highest BCUT2D eigenvalue weighted by Crippen LogP contribution is 2.37. The summed E-state index contributed by atoms with van der Waals surface area (Å²) in [7, 11) is 0. The minimum atomic E-state index is -0.129. The predicted octanol–water partition coefficient (Wildman–Crippen LogP) is 3.11. The van der Waals surface area contributed by atoms with Gasteiger partial charge in [-0.05, 0) is 46.5 Å². The maximum atomic E-state index is 9.77. The maximum absolute atomic E-state index is 9.77. The molecule has 3 aromatic carbocycles. The van der Waals surface area contributed by atoms with E-state index < -0.39 is 0 Å². The minimum Gasteiger partial charge on any atom is -0.508 e. The van der Waals surface area contributed by atoms with Gasteiger partial charge in [0.1, 0.15) is 5.75 Å². The van der Waals surface area contributed by atoms with Crippen molar-refractivity contribution in [2.45, 2.75) is 0 Å². The molecular weight excluding hydrogens is 216 g/mol. The fourth-order valence-electron chi connectivity index (χ4n) is 2.11.